The van der Waals surface area contributed by atoms with Crippen LogP contribution in [0.4, 0.5) is 5.69 Å². The Morgan fingerprint density at radius 1 is 1.06 bits per heavy atom. The molecular weight excluding hydrogens is 434 g/mol. The molecule has 2 aromatic heterocycles. The molecule has 2 aliphatic heterocycles. The lowest BCUT2D eigenvalue weighted by molar-refractivity contribution is 0.122. The Morgan fingerprint density at radius 2 is 1.83 bits per heavy atom. The van der Waals surface area contributed by atoms with Gasteiger partial charge in [-0.15, -0.1) is 0 Å². The second kappa shape index (κ2) is 8.99. The summed E-state index contributed by atoms with van der Waals surface area (Å²) in [7, 11) is 0. The molecular formula is C29H31N5O. The van der Waals surface area contributed by atoms with Crippen LogP contribution < -0.4 is 4.90 Å². The van der Waals surface area contributed by atoms with E-state index in [1.54, 1.807) is 0 Å². The molecule has 1 atom stereocenters. The predicted molar refractivity (Wildman–Crippen MR) is 140 cm³/mol. The van der Waals surface area contributed by atoms with E-state index in [-0.39, 0.29) is 5.54 Å². The van der Waals surface area contributed by atoms with Crippen molar-refractivity contribution in [2.75, 3.05) is 44.3 Å². The molecule has 1 aromatic carbocycles. The summed E-state index contributed by atoms with van der Waals surface area (Å²) in [5, 5.41) is 11.1. The highest BCUT2D eigenvalue weighted by Gasteiger charge is 2.38. The number of hydrogen-bond donors (Lipinski definition) is 1. The molecule has 0 saturated carbocycles. The Hall–Kier alpha value is -3.40. The average molecular weight is 466 g/mol. The average Bonchev–Trinajstić information content (AvgIpc) is 3.60. The first-order valence-corrected chi connectivity index (χ1v) is 12.6. The largest absolute Gasteiger partial charge is 0.378 e. The van der Waals surface area contributed by atoms with E-state index in [0.717, 1.165) is 84.8 Å². The molecule has 2 saturated heterocycles. The second-order valence-corrected chi connectivity index (χ2v) is 9.95. The summed E-state index contributed by atoms with van der Waals surface area (Å²) in [5.41, 5.74) is 7.18. The van der Waals surface area contributed by atoms with E-state index in [0.29, 0.717) is 0 Å². The van der Waals surface area contributed by atoms with Crippen LogP contribution in [-0.4, -0.2) is 59.8 Å². The van der Waals surface area contributed by atoms with Crippen LogP contribution in [0.3, 0.4) is 0 Å². The van der Waals surface area contributed by atoms with Crippen molar-refractivity contribution in [2.45, 2.75) is 31.7 Å². The third kappa shape index (κ3) is 3.95. The van der Waals surface area contributed by atoms with E-state index >= 15 is 0 Å². The summed E-state index contributed by atoms with van der Waals surface area (Å²) in [5.74, 6) is 0. The number of fused-ring (bicyclic) bond motifs is 1. The molecule has 6 heteroatoms. The number of morpholine rings is 1. The molecule has 0 radical (unpaired) electrons. The van der Waals surface area contributed by atoms with Crippen LogP contribution in [0.2, 0.25) is 0 Å². The maximum Gasteiger partial charge on any atom is 0.138 e. The van der Waals surface area contributed by atoms with Gasteiger partial charge in [0.25, 0.3) is 0 Å². The number of allylic oxidation sites excluding steroid dienone is 2. The minimum absolute atomic E-state index is 0.202. The number of ether oxygens (including phenoxy) is 1. The SMILES string of the molecule is CC1(N2CCCC2)CC=C(c2ccnc3[nH]c(-c4ccc(N5CCOCC5)cc4)cc23)C=C1C#N. The van der Waals surface area contributed by atoms with Gasteiger partial charge in [-0.1, -0.05) is 18.2 Å². The Balaban J connectivity index is 1.31. The molecule has 3 aliphatic rings. The first-order valence-electron chi connectivity index (χ1n) is 12.6. The van der Waals surface area contributed by atoms with Gasteiger partial charge in [-0.05, 0) is 86.3 Å². The zero-order chi connectivity index (χ0) is 23.8. The minimum atomic E-state index is -0.202. The van der Waals surface area contributed by atoms with Crippen molar-refractivity contribution in [1.82, 2.24) is 14.9 Å². The first kappa shape index (κ1) is 22.1. The van der Waals surface area contributed by atoms with Crippen LogP contribution in [0, 0.1) is 11.3 Å². The first-order chi connectivity index (χ1) is 17.2. The van der Waals surface area contributed by atoms with Crippen molar-refractivity contribution in [3.63, 3.8) is 0 Å². The van der Waals surface area contributed by atoms with E-state index in [2.05, 4.69) is 81.3 Å². The van der Waals surface area contributed by atoms with Crippen LogP contribution in [0.25, 0.3) is 27.9 Å². The summed E-state index contributed by atoms with van der Waals surface area (Å²) < 4.78 is 5.48. The Bertz CT molecular complexity index is 1330. The van der Waals surface area contributed by atoms with Crippen LogP contribution >= 0.6 is 0 Å². The third-order valence-corrected chi connectivity index (χ3v) is 7.92. The van der Waals surface area contributed by atoms with Crippen molar-refractivity contribution in [3.05, 3.63) is 65.9 Å². The van der Waals surface area contributed by atoms with Gasteiger partial charge in [0.2, 0.25) is 0 Å². The van der Waals surface area contributed by atoms with Gasteiger partial charge in [-0.25, -0.2) is 4.98 Å². The number of likely N-dealkylation sites (tertiary alicyclic amines) is 1. The number of rotatable bonds is 4. The Labute approximate surface area is 206 Å². The molecule has 4 heterocycles. The highest BCUT2D eigenvalue weighted by atomic mass is 16.5. The number of nitrogens with zero attached hydrogens (tertiary/aromatic N) is 4. The second-order valence-electron chi connectivity index (χ2n) is 9.95. The summed E-state index contributed by atoms with van der Waals surface area (Å²) in [6, 6.07) is 15.5. The normalized spacial score (nSPS) is 23.3. The monoisotopic (exact) mass is 465 g/mol. The number of aromatic amines is 1. The number of anilines is 1. The Kier molecular flexibility index (Phi) is 5.68. The van der Waals surface area contributed by atoms with Crippen molar-refractivity contribution < 1.29 is 4.74 Å². The molecule has 178 valence electrons. The molecule has 0 amide bonds. The van der Waals surface area contributed by atoms with Crippen molar-refractivity contribution in [3.8, 4) is 17.3 Å². The number of benzene rings is 1. The predicted octanol–water partition coefficient (Wildman–Crippen LogP) is 5.16. The van der Waals surface area contributed by atoms with Crippen LogP contribution in [-0.2, 0) is 4.74 Å². The molecule has 1 aliphatic carbocycles. The van der Waals surface area contributed by atoms with Crippen molar-refractivity contribution in [2.24, 2.45) is 0 Å². The van der Waals surface area contributed by atoms with Crippen molar-refractivity contribution >= 4 is 22.3 Å². The minimum Gasteiger partial charge on any atom is -0.378 e. The molecule has 2 fully saturated rings. The van der Waals surface area contributed by atoms with Gasteiger partial charge in [0.1, 0.15) is 5.65 Å². The maximum atomic E-state index is 10.0. The molecule has 35 heavy (non-hydrogen) atoms. The summed E-state index contributed by atoms with van der Waals surface area (Å²) >= 11 is 0. The van der Waals surface area contributed by atoms with Crippen LogP contribution in [0.15, 0.2) is 60.3 Å². The lowest BCUT2D eigenvalue weighted by Gasteiger charge is -2.40. The summed E-state index contributed by atoms with van der Waals surface area (Å²) in [6.45, 7) is 7.80. The molecule has 1 N–H and O–H groups in total. The summed E-state index contributed by atoms with van der Waals surface area (Å²) in [6.07, 6.45) is 9.54. The molecule has 0 spiro atoms. The van der Waals surface area contributed by atoms with E-state index in [1.807, 2.05) is 6.20 Å². The van der Waals surface area contributed by atoms with Gasteiger partial charge >= 0.3 is 0 Å². The zero-order valence-electron chi connectivity index (χ0n) is 20.3. The molecule has 0 bridgehead atoms. The van der Waals surface area contributed by atoms with E-state index in [9.17, 15) is 5.26 Å². The smallest absolute Gasteiger partial charge is 0.138 e. The van der Waals surface area contributed by atoms with E-state index < -0.39 is 0 Å². The quantitative estimate of drug-likeness (QED) is 0.577. The fourth-order valence-electron chi connectivity index (χ4n) is 5.75. The van der Waals surface area contributed by atoms with Gasteiger partial charge < -0.3 is 14.6 Å². The lowest BCUT2D eigenvalue weighted by atomic mass is 9.80. The van der Waals surface area contributed by atoms with Gasteiger partial charge in [0.15, 0.2) is 0 Å². The highest BCUT2D eigenvalue weighted by molar-refractivity contribution is 5.96. The van der Waals surface area contributed by atoms with Crippen LogP contribution in [0.1, 0.15) is 31.7 Å². The number of nitriles is 1. The summed E-state index contributed by atoms with van der Waals surface area (Å²) in [4.78, 5) is 13.0. The van der Waals surface area contributed by atoms with Gasteiger partial charge in [-0.3, -0.25) is 4.90 Å². The zero-order valence-corrected chi connectivity index (χ0v) is 20.3. The molecule has 6 rings (SSSR count). The maximum absolute atomic E-state index is 10.0. The number of nitrogens with one attached hydrogen (secondary N) is 1. The van der Waals surface area contributed by atoms with E-state index in [4.69, 9.17) is 4.74 Å². The molecule has 3 aromatic rings. The fourth-order valence-corrected chi connectivity index (χ4v) is 5.75. The molecule has 6 nitrogen and oxygen atoms in total. The molecule has 1 unspecified atom stereocenters. The lowest BCUT2D eigenvalue weighted by Crippen LogP contribution is -2.46. The van der Waals surface area contributed by atoms with Crippen molar-refractivity contribution in [1.29, 1.82) is 5.26 Å². The van der Waals surface area contributed by atoms with E-state index in [1.165, 1.54) is 18.5 Å². The number of pyridine rings is 1. The van der Waals surface area contributed by atoms with Gasteiger partial charge in [0.05, 0.1) is 30.4 Å². The Morgan fingerprint density at radius 3 is 2.57 bits per heavy atom. The third-order valence-electron chi connectivity index (χ3n) is 7.92. The fraction of sp³-hybridized carbons (Fsp3) is 0.379. The topological polar surface area (TPSA) is 68.2 Å². The van der Waals surface area contributed by atoms with Gasteiger partial charge in [0, 0.05) is 36.1 Å². The number of hydrogen-bond acceptors (Lipinski definition) is 5. The number of H-pyrrole nitrogens is 1. The standard InChI is InChI=1S/C29H31N5O/c1-29(34-12-2-3-13-34)10-8-22(18-23(29)20-30)25-9-11-31-28-26(25)19-27(32-28)21-4-6-24(7-5-21)33-14-16-35-17-15-33/h4-9,11,18-19H,2-3,10,12-17H2,1H3,(H,31,32). The van der Waals surface area contributed by atoms with Gasteiger partial charge in [-0.2, -0.15) is 5.26 Å². The highest BCUT2D eigenvalue weighted by Crippen LogP contribution is 2.39. The van der Waals surface area contributed by atoms with Crippen LogP contribution in [0.5, 0.6) is 0 Å². The number of aromatic nitrogens is 2.